The van der Waals surface area contributed by atoms with Crippen LogP contribution in [0, 0.1) is 0 Å². The molecule has 4 heterocycles. The van der Waals surface area contributed by atoms with Gasteiger partial charge >= 0.3 is 14.6 Å². The van der Waals surface area contributed by atoms with E-state index in [0.29, 0.717) is 0 Å². The smallest absolute Gasteiger partial charge is 0.392 e. The van der Waals surface area contributed by atoms with Crippen LogP contribution in [0.15, 0.2) is 0 Å². The number of fused-ring (bicyclic) bond motifs is 6. The van der Waals surface area contributed by atoms with Crippen molar-refractivity contribution >= 4 is 14.6 Å². The number of carbonyl (C=O) groups excluding carboxylic acids is 1. The molecule has 17 heavy (non-hydrogen) atoms. The molecule has 4 aliphatic heterocycles. The SMILES string of the molecule is CC1(C)OC2OC3[C@H](O[P@]4OC(=O)[C@H]3O4)C2O1. The van der Waals surface area contributed by atoms with E-state index < -0.39 is 38.9 Å². The molecule has 8 heteroatoms. The fraction of sp³-hybridized carbons (Fsp3) is 0.889. The van der Waals surface area contributed by atoms with Crippen molar-refractivity contribution in [3.8, 4) is 0 Å². The molecular weight excluding hydrogens is 251 g/mol. The number of ether oxygens (including phenoxy) is 3. The summed E-state index contributed by atoms with van der Waals surface area (Å²) in [4.78, 5) is 11.5. The Balaban J connectivity index is 1.63. The fourth-order valence-electron chi connectivity index (χ4n) is 2.49. The Morgan fingerprint density at radius 2 is 1.94 bits per heavy atom. The molecule has 4 rings (SSSR count). The van der Waals surface area contributed by atoms with Gasteiger partial charge in [-0.15, -0.1) is 0 Å². The van der Waals surface area contributed by atoms with Gasteiger partial charge in [-0.25, -0.2) is 4.79 Å². The summed E-state index contributed by atoms with van der Waals surface area (Å²) >= 11 is 0. The topological polar surface area (TPSA) is 72.5 Å². The lowest BCUT2D eigenvalue weighted by molar-refractivity contribution is -0.224. The minimum absolute atomic E-state index is 0.333. The second kappa shape index (κ2) is 3.17. The van der Waals surface area contributed by atoms with Gasteiger partial charge in [-0.3, -0.25) is 9.05 Å². The quantitative estimate of drug-likeness (QED) is 0.586. The highest BCUT2D eigenvalue weighted by atomic mass is 31.2. The monoisotopic (exact) mass is 262 g/mol. The van der Waals surface area contributed by atoms with Crippen LogP contribution in [0.2, 0.25) is 0 Å². The van der Waals surface area contributed by atoms with Gasteiger partial charge in [0.1, 0.15) is 18.3 Å². The van der Waals surface area contributed by atoms with E-state index in [9.17, 15) is 4.79 Å². The highest BCUT2D eigenvalue weighted by Crippen LogP contribution is 2.57. The third-order valence-corrected chi connectivity index (χ3v) is 4.27. The van der Waals surface area contributed by atoms with Gasteiger partial charge in [0.2, 0.25) is 0 Å². The van der Waals surface area contributed by atoms with E-state index in [1.54, 1.807) is 0 Å². The Hall–Kier alpha value is -0.300. The van der Waals surface area contributed by atoms with E-state index in [1.165, 1.54) is 0 Å². The van der Waals surface area contributed by atoms with Gasteiger partial charge in [-0.2, -0.15) is 0 Å². The van der Waals surface area contributed by atoms with Crippen LogP contribution in [0.3, 0.4) is 0 Å². The molecule has 0 N–H and O–H groups in total. The third-order valence-electron chi connectivity index (χ3n) is 3.13. The first-order valence-corrected chi connectivity index (χ1v) is 6.50. The number of carbonyl (C=O) groups is 1. The standard InChI is InChI=1S/C9H11O7P/c1-9(2)12-6-4-3(11-8(6)13-9)5-7(10)16-17(14-4)15-5/h3-6,8H,1-2H3/t3?,4-,5-,6?,8?,17-/m0/s1. The summed E-state index contributed by atoms with van der Waals surface area (Å²) in [6.07, 6.45) is -2.42. The largest absolute Gasteiger partial charge is 0.400 e. The lowest BCUT2D eigenvalue weighted by Crippen LogP contribution is -2.45. The molecule has 2 bridgehead atoms. The highest BCUT2D eigenvalue weighted by molar-refractivity contribution is 7.43. The maximum Gasteiger partial charge on any atom is 0.400 e. The zero-order chi connectivity index (χ0) is 11.8. The Labute approximate surface area is 98.2 Å². The summed E-state index contributed by atoms with van der Waals surface area (Å²) in [5.41, 5.74) is 0. The molecule has 4 aliphatic rings. The molecule has 7 nitrogen and oxygen atoms in total. The lowest BCUT2D eigenvalue weighted by Gasteiger charge is -2.29. The van der Waals surface area contributed by atoms with Crippen LogP contribution in [0.25, 0.3) is 0 Å². The third kappa shape index (κ3) is 1.41. The van der Waals surface area contributed by atoms with Gasteiger partial charge in [0.05, 0.1) is 0 Å². The summed E-state index contributed by atoms with van der Waals surface area (Å²) in [7, 11) is -1.59. The Kier molecular flexibility index (Phi) is 1.98. The number of hydrogen-bond donors (Lipinski definition) is 0. The second-order valence-corrected chi connectivity index (χ2v) is 5.85. The molecule has 0 aromatic heterocycles. The predicted molar refractivity (Wildman–Crippen MR) is 51.5 cm³/mol. The first-order chi connectivity index (χ1) is 8.03. The van der Waals surface area contributed by atoms with Crippen LogP contribution < -0.4 is 0 Å². The zero-order valence-electron chi connectivity index (χ0n) is 9.19. The molecule has 0 spiro atoms. The van der Waals surface area contributed by atoms with Crippen LogP contribution in [0.5, 0.6) is 0 Å². The average Bonchev–Trinajstić information content (AvgIpc) is 2.79. The summed E-state index contributed by atoms with van der Waals surface area (Å²) in [6, 6.07) is 0. The van der Waals surface area contributed by atoms with Crippen LogP contribution in [-0.2, 0) is 32.6 Å². The van der Waals surface area contributed by atoms with Crippen molar-refractivity contribution in [2.24, 2.45) is 0 Å². The summed E-state index contributed by atoms with van der Waals surface area (Å²) in [6.45, 7) is 3.62. The van der Waals surface area contributed by atoms with E-state index in [4.69, 9.17) is 27.8 Å². The van der Waals surface area contributed by atoms with Gasteiger partial charge < -0.3 is 18.7 Å². The van der Waals surface area contributed by atoms with Gasteiger partial charge in [0.15, 0.2) is 18.2 Å². The predicted octanol–water partition coefficient (Wildman–Crippen LogP) is 0.430. The summed E-state index contributed by atoms with van der Waals surface area (Å²) < 4.78 is 32.7. The Bertz CT molecular complexity index is 386. The van der Waals surface area contributed by atoms with E-state index in [2.05, 4.69) is 0 Å². The maximum absolute atomic E-state index is 11.5. The van der Waals surface area contributed by atoms with Crippen LogP contribution in [0.4, 0.5) is 0 Å². The van der Waals surface area contributed by atoms with Crippen molar-refractivity contribution in [2.75, 3.05) is 0 Å². The summed E-state index contributed by atoms with van der Waals surface area (Å²) in [5.74, 6) is -1.12. The lowest BCUT2D eigenvalue weighted by atomic mass is 10.1. The number of rotatable bonds is 0. The molecule has 4 fully saturated rings. The van der Waals surface area contributed by atoms with Crippen molar-refractivity contribution in [3.63, 3.8) is 0 Å². The van der Waals surface area contributed by atoms with Crippen molar-refractivity contribution in [1.82, 2.24) is 0 Å². The molecule has 0 saturated carbocycles. The molecule has 0 radical (unpaired) electrons. The average molecular weight is 262 g/mol. The second-order valence-electron chi connectivity index (χ2n) is 4.80. The first-order valence-electron chi connectivity index (χ1n) is 5.40. The zero-order valence-corrected chi connectivity index (χ0v) is 10.1. The molecule has 0 aliphatic carbocycles. The molecule has 94 valence electrons. The normalized spacial score (nSPS) is 54.4. The summed E-state index contributed by atoms with van der Waals surface area (Å²) in [5, 5.41) is 0. The van der Waals surface area contributed by atoms with Crippen LogP contribution in [-0.4, -0.2) is 42.5 Å². The molecule has 6 atom stereocenters. The van der Waals surface area contributed by atoms with Gasteiger partial charge in [0, 0.05) is 0 Å². The van der Waals surface area contributed by atoms with E-state index in [0.717, 1.165) is 0 Å². The Morgan fingerprint density at radius 1 is 1.12 bits per heavy atom. The van der Waals surface area contributed by atoms with Crippen LogP contribution >= 0.6 is 8.60 Å². The van der Waals surface area contributed by atoms with Gasteiger partial charge in [0.25, 0.3) is 0 Å². The van der Waals surface area contributed by atoms with E-state index in [-0.39, 0.29) is 12.2 Å². The minimum atomic E-state index is -1.59. The highest BCUT2D eigenvalue weighted by Gasteiger charge is 2.65. The Morgan fingerprint density at radius 3 is 2.76 bits per heavy atom. The van der Waals surface area contributed by atoms with Gasteiger partial charge in [-0.1, -0.05) is 0 Å². The van der Waals surface area contributed by atoms with Crippen LogP contribution in [0.1, 0.15) is 13.8 Å². The molecule has 0 aromatic carbocycles. The van der Waals surface area contributed by atoms with Crippen molar-refractivity contribution < 1.29 is 32.6 Å². The molecular formula is C9H11O7P. The molecule has 0 aromatic rings. The first kappa shape index (κ1) is 10.6. The molecule has 3 unspecified atom stereocenters. The maximum atomic E-state index is 11.5. The van der Waals surface area contributed by atoms with Crippen molar-refractivity contribution in [1.29, 1.82) is 0 Å². The molecule has 0 amide bonds. The fourth-order valence-corrected chi connectivity index (χ4v) is 3.71. The number of hydrogen-bond acceptors (Lipinski definition) is 7. The van der Waals surface area contributed by atoms with Crippen molar-refractivity contribution in [2.45, 2.75) is 50.3 Å². The van der Waals surface area contributed by atoms with E-state index >= 15 is 0 Å². The van der Waals surface area contributed by atoms with Gasteiger partial charge in [-0.05, 0) is 13.8 Å². The minimum Gasteiger partial charge on any atom is -0.392 e. The van der Waals surface area contributed by atoms with E-state index in [1.807, 2.05) is 13.8 Å². The van der Waals surface area contributed by atoms with Crippen molar-refractivity contribution in [3.05, 3.63) is 0 Å². The molecule has 4 saturated heterocycles.